The number of thiophene rings is 1. The Balaban J connectivity index is 1.56. The molecule has 0 saturated heterocycles. The van der Waals surface area contributed by atoms with Crippen LogP contribution in [0.1, 0.15) is 11.3 Å². The molecule has 4 nitrogen and oxygen atoms in total. The van der Waals surface area contributed by atoms with Crippen LogP contribution in [0.5, 0.6) is 0 Å². The predicted molar refractivity (Wildman–Crippen MR) is 89.1 cm³/mol. The molecule has 0 spiro atoms. The van der Waals surface area contributed by atoms with E-state index in [1.807, 2.05) is 60.8 Å². The predicted octanol–water partition coefficient (Wildman–Crippen LogP) is 4.64. The highest BCUT2D eigenvalue weighted by atomic mass is 32.1. The summed E-state index contributed by atoms with van der Waals surface area (Å²) in [5.41, 5.74) is 1.83. The zero-order chi connectivity index (χ0) is 15.4. The minimum absolute atomic E-state index is 0.247. The molecule has 3 aromatic rings. The maximum Gasteiger partial charge on any atom is 0.319 e. The Kier molecular flexibility index (Phi) is 4.25. The van der Waals surface area contributed by atoms with Gasteiger partial charge in [0.15, 0.2) is 0 Å². The maximum absolute atomic E-state index is 11.9. The Hall–Kier alpha value is -2.53. The number of nitrogens with one attached hydrogen (secondary N) is 2. The third-order valence-corrected chi connectivity index (χ3v) is 4.13. The van der Waals surface area contributed by atoms with E-state index in [2.05, 4.69) is 10.6 Å². The van der Waals surface area contributed by atoms with Gasteiger partial charge in [-0.25, -0.2) is 4.79 Å². The molecular formula is C17H16N2O2S. The number of urea groups is 1. The molecule has 2 heterocycles. The summed E-state index contributed by atoms with van der Waals surface area (Å²) in [4.78, 5) is 13.0. The lowest BCUT2D eigenvalue weighted by Gasteiger charge is -2.08. The van der Waals surface area contributed by atoms with E-state index in [-0.39, 0.29) is 6.03 Å². The van der Waals surface area contributed by atoms with E-state index in [9.17, 15) is 4.79 Å². The van der Waals surface area contributed by atoms with Crippen LogP contribution >= 0.6 is 11.3 Å². The Morgan fingerprint density at radius 3 is 2.77 bits per heavy atom. The van der Waals surface area contributed by atoms with Gasteiger partial charge in [0.05, 0.1) is 11.4 Å². The number of hydrogen-bond acceptors (Lipinski definition) is 3. The van der Waals surface area contributed by atoms with Crippen LogP contribution < -0.4 is 10.6 Å². The molecule has 0 unspecified atom stereocenters. The first-order valence-electron chi connectivity index (χ1n) is 6.95. The zero-order valence-corrected chi connectivity index (χ0v) is 12.9. The summed E-state index contributed by atoms with van der Waals surface area (Å²) in [6.45, 7) is 2.30. The van der Waals surface area contributed by atoms with Crippen LogP contribution in [0, 0.1) is 6.92 Å². The van der Waals surface area contributed by atoms with E-state index in [0.717, 1.165) is 27.6 Å². The number of anilines is 1. The third kappa shape index (κ3) is 3.38. The van der Waals surface area contributed by atoms with Crippen molar-refractivity contribution >= 4 is 23.1 Å². The number of rotatable bonds is 4. The second kappa shape index (κ2) is 6.49. The number of furan rings is 1. The molecule has 2 N–H and O–H groups in total. The second-order valence-corrected chi connectivity index (χ2v) is 5.81. The highest BCUT2D eigenvalue weighted by molar-refractivity contribution is 7.13. The molecule has 5 heteroatoms. The van der Waals surface area contributed by atoms with Crippen LogP contribution in [-0.2, 0) is 6.54 Å². The first-order valence-corrected chi connectivity index (χ1v) is 7.83. The van der Waals surface area contributed by atoms with Gasteiger partial charge in [0.1, 0.15) is 11.5 Å². The summed E-state index contributed by atoms with van der Waals surface area (Å²) in [5.74, 6) is 1.55. The average Bonchev–Trinajstić information content (AvgIpc) is 3.18. The molecule has 0 aliphatic carbocycles. The molecule has 0 atom stereocenters. The first kappa shape index (κ1) is 14.4. The van der Waals surface area contributed by atoms with Gasteiger partial charge < -0.3 is 15.1 Å². The molecule has 0 radical (unpaired) electrons. The van der Waals surface area contributed by atoms with E-state index < -0.39 is 0 Å². The minimum atomic E-state index is -0.247. The lowest BCUT2D eigenvalue weighted by atomic mass is 10.2. The maximum atomic E-state index is 11.9. The third-order valence-electron chi connectivity index (χ3n) is 3.24. The Bertz CT molecular complexity index is 763. The van der Waals surface area contributed by atoms with Gasteiger partial charge in [-0.1, -0.05) is 24.3 Å². The van der Waals surface area contributed by atoms with Gasteiger partial charge in [-0.15, -0.1) is 11.3 Å². The van der Waals surface area contributed by atoms with Crippen LogP contribution in [-0.4, -0.2) is 6.03 Å². The molecule has 0 aliphatic heterocycles. The normalized spacial score (nSPS) is 10.4. The van der Waals surface area contributed by atoms with Crippen molar-refractivity contribution in [2.45, 2.75) is 13.5 Å². The van der Waals surface area contributed by atoms with Crippen molar-refractivity contribution in [3.8, 4) is 10.6 Å². The lowest BCUT2D eigenvalue weighted by molar-refractivity contribution is 0.251. The smallest absolute Gasteiger partial charge is 0.319 e. The monoisotopic (exact) mass is 312 g/mol. The fourth-order valence-electron chi connectivity index (χ4n) is 2.07. The molecule has 22 heavy (non-hydrogen) atoms. The molecule has 112 valence electrons. The van der Waals surface area contributed by atoms with E-state index in [0.29, 0.717) is 6.54 Å². The Labute approximate surface area is 132 Å². The van der Waals surface area contributed by atoms with Crippen LogP contribution in [0.2, 0.25) is 0 Å². The summed E-state index contributed by atoms with van der Waals surface area (Å²) < 4.78 is 5.72. The van der Waals surface area contributed by atoms with Gasteiger partial charge >= 0.3 is 6.03 Å². The van der Waals surface area contributed by atoms with Gasteiger partial charge in [-0.3, -0.25) is 0 Å². The van der Waals surface area contributed by atoms with Crippen molar-refractivity contribution in [3.05, 3.63) is 65.2 Å². The molecule has 0 bridgehead atoms. The van der Waals surface area contributed by atoms with Gasteiger partial charge in [0, 0.05) is 5.69 Å². The number of hydrogen-bond donors (Lipinski definition) is 2. The van der Waals surface area contributed by atoms with Gasteiger partial charge in [-0.05, 0) is 42.1 Å². The molecule has 0 fully saturated rings. The number of carbonyl (C=O) groups excluding carboxylic acids is 1. The Morgan fingerprint density at radius 2 is 2.00 bits per heavy atom. The van der Waals surface area contributed by atoms with Gasteiger partial charge in [0.25, 0.3) is 0 Å². The first-order chi connectivity index (χ1) is 10.7. The fourth-order valence-corrected chi connectivity index (χ4v) is 2.76. The van der Waals surface area contributed by atoms with Gasteiger partial charge in [-0.2, -0.15) is 0 Å². The summed E-state index contributed by atoms with van der Waals surface area (Å²) in [5, 5.41) is 7.62. The molecule has 1 aromatic carbocycles. The zero-order valence-electron chi connectivity index (χ0n) is 12.1. The van der Waals surface area contributed by atoms with Crippen LogP contribution in [0.15, 0.2) is 58.3 Å². The van der Waals surface area contributed by atoms with E-state index in [1.54, 1.807) is 11.3 Å². The fraction of sp³-hybridized carbons (Fsp3) is 0.118. The van der Waals surface area contributed by atoms with Crippen LogP contribution in [0.3, 0.4) is 0 Å². The molecule has 0 saturated carbocycles. The highest BCUT2D eigenvalue weighted by Crippen LogP contribution is 2.26. The minimum Gasteiger partial charge on any atom is -0.458 e. The van der Waals surface area contributed by atoms with Crippen LogP contribution in [0.25, 0.3) is 10.6 Å². The molecule has 2 amide bonds. The molecule has 3 rings (SSSR count). The summed E-state index contributed by atoms with van der Waals surface area (Å²) in [7, 11) is 0. The standard InChI is InChI=1S/C17H16N2O2S/c1-12-5-2-3-6-14(12)19-17(20)18-11-13-8-9-15(21-13)16-7-4-10-22-16/h2-10H,11H2,1H3,(H2,18,19,20). The number of amides is 2. The topological polar surface area (TPSA) is 54.3 Å². The van der Waals surface area contributed by atoms with Crippen LogP contribution in [0.4, 0.5) is 10.5 Å². The van der Waals surface area contributed by atoms with Crippen molar-refractivity contribution in [2.24, 2.45) is 0 Å². The molecule has 2 aromatic heterocycles. The van der Waals surface area contributed by atoms with Crippen molar-refractivity contribution < 1.29 is 9.21 Å². The number of carbonyl (C=O) groups is 1. The van der Waals surface area contributed by atoms with Crippen molar-refractivity contribution in [3.63, 3.8) is 0 Å². The lowest BCUT2D eigenvalue weighted by Crippen LogP contribution is -2.28. The largest absolute Gasteiger partial charge is 0.458 e. The average molecular weight is 312 g/mol. The summed E-state index contributed by atoms with van der Waals surface area (Å²) in [6, 6.07) is 15.2. The van der Waals surface area contributed by atoms with E-state index in [4.69, 9.17) is 4.42 Å². The summed E-state index contributed by atoms with van der Waals surface area (Å²) >= 11 is 1.62. The molecule has 0 aliphatic rings. The van der Waals surface area contributed by atoms with Crippen molar-refractivity contribution in [1.82, 2.24) is 5.32 Å². The second-order valence-electron chi connectivity index (χ2n) is 4.87. The number of aryl methyl sites for hydroxylation is 1. The molecular weight excluding hydrogens is 296 g/mol. The number of benzene rings is 1. The quantitative estimate of drug-likeness (QED) is 0.737. The number of para-hydroxylation sites is 1. The van der Waals surface area contributed by atoms with Crippen molar-refractivity contribution in [2.75, 3.05) is 5.32 Å². The summed E-state index contributed by atoms with van der Waals surface area (Å²) in [6.07, 6.45) is 0. The Morgan fingerprint density at radius 1 is 1.14 bits per heavy atom. The van der Waals surface area contributed by atoms with Gasteiger partial charge in [0.2, 0.25) is 0 Å². The van der Waals surface area contributed by atoms with E-state index >= 15 is 0 Å². The SMILES string of the molecule is Cc1ccccc1NC(=O)NCc1ccc(-c2cccs2)o1. The van der Waals surface area contributed by atoms with E-state index in [1.165, 1.54) is 0 Å². The van der Waals surface area contributed by atoms with Crippen molar-refractivity contribution in [1.29, 1.82) is 0 Å². The highest BCUT2D eigenvalue weighted by Gasteiger charge is 2.08.